The average molecular weight is 333 g/mol. The van der Waals surface area contributed by atoms with Gasteiger partial charge in [0.25, 0.3) is 0 Å². The van der Waals surface area contributed by atoms with E-state index in [9.17, 15) is 0 Å². The van der Waals surface area contributed by atoms with Crippen molar-refractivity contribution < 1.29 is 9.47 Å². The smallest absolute Gasteiger partial charge is 0.163 e. The van der Waals surface area contributed by atoms with Gasteiger partial charge in [-0.05, 0) is 33.6 Å². The molecule has 2 aliphatic rings. The Kier molecular flexibility index (Phi) is 5.02. The summed E-state index contributed by atoms with van der Waals surface area (Å²) < 4.78 is 12.6. The van der Waals surface area contributed by atoms with Gasteiger partial charge < -0.3 is 9.47 Å². The van der Waals surface area contributed by atoms with E-state index in [4.69, 9.17) is 9.47 Å². The van der Waals surface area contributed by atoms with E-state index >= 15 is 0 Å². The first kappa shape index (κ1) is 18.5. The lowest BCUT2D eigenvalue weighted by molar-refractivity contribution is -0.349. The molecule has 0 aromatic carbocycles. The fraction of sp³-hybridized carbons (Fsp3) is 0.700. The predicted molar refractivity (Wildman–Crippen MR) is 99.7 cm³/mol. The Morgan fingerprint density at radius 1 is 1.30 bits per heavy atom. The van der Waals surface area contributed by atoms with Crippen LogP contribution in [0.25, 0.3) is 0 Å². The predicted octanol–water partition coefficient (Wildman–Crippen LogP) is 4.94. The molecular weight excluding hydrogens is 300 g/mol. The molecule has 23 heavy (non-hydrogen) atoms. The summed E-state index contributed by atoms with van der Waals surface area (Å²) in [6, 6.07) is 0. The van der Waals surface area contributed by atoms with Crippen LogP contribution in [-0.2, 0) is 9.47 Å². The highest BCUT2D eigenvalue weighted by Crippen LogP contribution is 2.52. The molecule has 0 bridgehead atoms. The highest BCUT2D eigenvalue weighted by atomic mass is 28.3. The third-order valence-corrected chi connectivity index (χ3v) is 5.84. The highest BCUT2D eigenvalue weighted by Gasteiger charge is 2.56. The number of fused-ring (bicyclic) bond motifs is 1. The molecule has 0 N–H and O–H groups in total. The largest absolute Gasteiger partial charge is 0.346 e. The molecule has 0 aromatic rings. The zero-order chi connectivity index (χ0) is 17.5. The van der Waals surface area contributed by atoms with Gasteiger partial charge in [-0.1, -0.05) is 44.3 Å². The van der Waals surface area contributed by atoms with Crippen molar-refractivity contribution in [3.8, 4) is 11.5 Å². The van der Waals surface area contributed by atoms with Crippen molar-refractivity contribution in [3.63, 3.8) is 0 Å². The first-order valence-electron chi connectivity index (χ1n) is 8.65. The number of rotatable bonds is 2. The van der Waals surface area contributed by atoms with Crippen molar-refractivity contribution in [2.75, 3.05) is 0 Å². The molecule has 0 aromatic heterocycles. The number of hydrogen-bond acceptors (Lipinski definition) is 2. The van der Waals surface area contributed by atoms with Gasteiger partial charge in [-0.15, -0.1) is 18.0 Å². The molecule has 0 spiro atoms. The molecule has 1 fully saturated rings. The van der Waals surface area contributed by atoms with Gasteiger partial charge in [0.05, 0.1) is 18.1 Å². The van der Waals surface area contributed by atoms with Crippen LogP contribution in [0, 0.1) is 22.8 Å². The minimum atomic E-state index is -1.42. The molecule has 3 heteroatoms. The van der Waals surface area contributed by atoms with E-state index < -0.39 is 13.9 Å². The zero-order valence-corrected chi connectivity index (χ0v) is 16.8. The van der Waals surface area contributed by atoms with Gasteiger partial charge in [0.15, 0.2) is 5.79 Å². The highest BCUT2D eigenvalue weighted by molar-refractivity contribution is 6.83. The van der Waals surface area contributed by atoms with Crippen LogP contribution in [0.3, 0.4) is 0 Å². The molecule has 2 rings (SSSR count). The van der Waals surface area contributed by atoms with Crippen molar-refractivity contribution in [3.05, 3.63) is 24.3 Å². The summed E-state index contributed by atoms with van der Waals surface area (Å²) in [4.78, 5) is 0. The standard InChI is InChI=1S/C20H32O2Si/c1-9-10-17-20(5)16(13-14-23(6,7)8)15(2)11-12-18(20)22-19(3,4)21-17/h9,11,16-18H,1,10,12H2,2-8H3/t16-,17-,18-,20-/m0/s1. The maximum Gasteiger partial charge on any atom is 0.163 e. The number of hydrogen-bond donors (Lipinski definition) is 0. The van der Waals surface area contributed by atoms with Crippen LogP contribution in [0.5, 0.6) is 0 Å². The molecule has 4 atom stereocenters. The molecule has 1 heterocycles. The zero-order valence-electron chi connectivity index (χ0n) is 15.8. The summed E-state index contributed by atoms with van der Waals surface area (Å²) in [6.45, 7) is 19.3. The van der Waals surface area contributed by atoms with Crippen LogP contribution in [0.2, 0.25) is 19.6 Å². The first-order chi connectivity index (χ1) is 10.5. The Labute approximate surface area is 143 Å². The van der Waals surface area contributed by atoms with Crippen LogP contribution in [-0.4, -0.2) is 26.1 Å². The minimum absolute atomic E-state index is 0.0818. The Bertz CT molecular complexity index is 558. The van der Waals surface area contributed by atoms with Gasteiger partial charge in [-0.2, -0.15) is 0 Å². The van der Waals surface area contributed by atoms with Gasteiger partial charge in [0, 0.05) is 5.41 Å². The molecule has 1 aliphatic carbocycles. The van der Waals surface area contributed by atoms with Crippen LogP contribution >= 0.6 is 0 Å². The first-order valence-corrected chi connectivity index (χ1v) is 12.2. The fourth-order valence-electron chi connectivity index (χ4n) is 3.76. The van der Waals surface area contributed by atoms with Crippen molar-refractivity contribution in [2.45, 2.75) is 78.2 Å². The molecule has 0 amide bonds. The van der Waals surface area contributed by atoms with Crippen molar-refractivity contribution in [1.82, 2.24) is 0 Å². The molecule has 0 radical (unpaired) electrons. The molecule has 1 saturated heterocycles. The Hall–Kier alpha value is -0.823. The molecular formula is C20H32O2Si. The summed E-state index contributed by atoms with van der Waals surface area (Å²) >= 11 is 0. The Morgan fingerprint density at radius 2 is 1.96 bits per heavy atom. The van der Waals surface area contributed by atoms with Crippen molar-refractivity contribution in [1.29, 1.82) is 0 Å². The van der Waals surface area contributed by atoms with E-state index in [2.05, 4.69) is 57.6 Å². The lowest BCUT2D eigenvalue weighted by Gasteiger charge is -2.56. The van der Waals surface area contributed by atoms with Gasteiger partial charge in [-0.25, -0.2) is 0 Å². The van der Waals surface area contributed by atoms with E-state index in [0.717, 1.165) is 12.8 Å². The van der Waals surface area contributed by atoms with Crippen LogP contribution in [0.4, 0.5) is 0 Å². The summed E-state index contributed by atoms with van der Waals surface area (Å²) in [5, 5.41) is 0. The normalized spacial score (nSPS) is 36.3. The molecule has 128 valence electrons. The monoisotopic (exact) mass is 332 g/mol. The van der Waals surface area contributed by atoms with E-state index in [0.29, 0.717) is 0 Å². The maximum absolute atomic E-state index is 6.32. The lowest BCUT2D eigenvalue weighted by atomic mass is 9.61. The molecule has 1 aliphatic heterocycles. The second-order valence-electron chi connectivity index (χ2n) is 8.64. The Balaban J connectivity index is 2.48. The van der Waals surface area contributed by atoms with Gasteiger partial charge in [0.2, 0.25) is 0 Å². The minimum Gasteiger partial charge on any atom is -0.346 e. The maximum atomic E-state index is 6.32. The van der Waals surface area contributed by atoms with Gasteiger partial charge in [-0.3, -0.25) is 0 Å². The summed E-state index contributed by atoms with van der Waals surface area (Å²) in [5.74, 6) is 3.26. The third kappa shape index (κ3) is 3.82. The summed E-state index contributed by atoms with van der Waals surface area (Å²) in [7, 11) is -1.42. The van der Waals surface area contributed by atoms with Gasteiger partial charge >= 0.3 is 0 Å². The topological polar surface area (TPSA) is 18.5 Å². The molecule has 0 saturated carbocycles. The number of allylic oxidation sites excluding steroid dienone is 1. The van der Waals surface area contributed by atoms with Crippen molar-refractivity contribution in [2.24, 2.45) is 11.3 Å². The average Bonchev–Trinajstić information content (AvgIpc) is 2.39. The van der Waals surface area contributed by atoms with E-state index in [1.165, 1.54) is 5.57 Å². The van der Waals surface area contributed by atoms with E-state index in [1.54, 1.807) is 0 Å². The SMILES string of the molecule is C=CC[C@@H]1OC(C)(C)O[C@H]2CC=C(C)[C@H](C#C[Si](C)(C)C)[C@@]12C. The van der Waals surface area contributed by atoms with Crippen molar-refractivity contribution >= 4 is 8.07 Å². The van der Waals surface area contributed by atoms with Gasteiger partial charge in [0.1, 0.15) is 8.07 Å². The summed E-state index contributed by atoms with van der Waals surface area (Å²) in [6.07, 6.45) is 6.26. The second-order valence-corrected chi connectivity index (χ2v) is 13.4. The van der Waals surface area contributed by atoms with E-state index in [1.807, 2.05) is 19.9 Å². The summed E-state index contributed by atoms with van der Waals surface area (Å²) in [5.41, 5.74) is 4.80. The fourth-order valence-corrected chi connectivity index (χ4v) is 4.34. The van der Waals surface area contributed by atoms with Crippen LogP contribution in [0.15, 0.2) is 24.3 Å². The molecule has 0 unspecified atom stereocenters. The van der Waals surface area contributed by atoms with Crippen LogP contribution in [0.1, 0.15) is 40.5 Å². The third-order valence-electron chi connectivity index (χ3n) is 4.94. The molecule has 2 nitrogen and oxygen atoms in total. The van der Waals surface area contributed by atoms with Crippen LogP contribution < -0.4 is 0 Å². The lowest BCUT2D eigenvalue weighted by Crippen LogP contribution is -2.61. The second kappa shape index (κ2) is 6.24. The Morgan fingerprint density at radius 3 is 2.52 bits per heavy atom. The van der Waals surface area contributed by atoms with E-state index in [-0.39, 0.29) is 23.5 Å². The quantitative estimate of drug-likeness (QED) is 0.405. The number of ether oxygens (including phenoxy) is 2.